The third-order valence-corrected chi connectivity index (χ3v) is 2.91. The van der Waals surface area contributed by atoms with Crippen LogP contribution in [0.3, 0.4) is 0 Å². The zero-order valence-corrected chi connectivity index (χ0v) is 11.1. The molecule has 0 fully saturated rings. The molecule has 1 aromatic heterocycles. The van der Waals surface area contributed by atoms with E-state index in [-0.39, 0.29) is 5.69 Å². The predicted molar refractivity (Wildman–Crippen MR) is 72.6 cm³/mol. The van der Waals surface area contributed by atoms with Crippen molar-refractivity contribution in [3.8, 4) is 5.69 Å². The zero-order valence-electron chi connectivity index (χ0n) is 10.3. The molecule has 0 radical (unpaired) electrons. The average Bonchev–Trinajstić information content (AvgIpc) is 2.85. The summed E-state index contributed by atoms with van der Waals surface area (Å²) in [5, 5.41) is 18.7. The minimum atomic E-state index is -0.455. The van der Waals surface area contributed by atoms with Crippen LogP contribution >= 0.6 is 11.6 Å². The largest absolute Gasteiger partial charge is 0.311 e. The Labute approximate surface area is 115 Å². The molecular formula is C12H13ClN4O2. The lowest BCUT2D eigenvalue weighted by molar-refractivity contribution is -0.384. The summed E-state index contributed by atoms with van der Waals surface area (Å²) in [6, 6.07) is 6.12. The Hall–Kier alpha value is -1.92. The molecular weight excluding hydrogens is 268 g/mol. The molecule has 19 heavy (non-hydrogen) atoms. The number of aromatic nitrogens is 2. The second-order valence-electron chi connectivity index (χ2n) is 3.92. The first-order valence-electron chi connectivity index (χ1n) is 5.81. The molecule has 1 aromatic carbocycles. The fraction of sp³-hybridized carbons (Fsp3) is 0.250. The highest BCUT2D eigenvalue weighted by Gasteiger charge is 2.12. The van der Waals surface area contributed by atoms with E-state index < -0.39 is 4.92 Å². The van der Waals surface area contributed by atoms with E-state index in [1.165, 1.54) is 18.2 Å². The Morgan fingerprint density at radius 1 is 1.47 bits per heavy atom. The van der Waals surface area contributed by atoms with Crippen LogP contribution in [0.5, 0.6) is 0 Å². The smallest absolute Gasteiger partial charge is 0.271 e. The van der Waals surface area contributed by atoms with Crippen molar-refractivity contribution in [2.24, 2.45) is 0 Å². The third kappa shape index (κ3) is 3.10. The van der Waals surface area contributed by atoms with Gasteiger partial charge in [-0.3, -0.25) is 10.1 Å². The Morgan fingerprint density at radius 2 is 2.26 bits per heavy atom. The first kappa shape index (κ1) is 13.5. The van der Waals surface area contributed by atoms with Gasteiger partial charge in [0.05, 0.1) is 21.3 Å². The van der Waals surface area contributed by atoms with Gasteiger partial charge >= 0.3 is 0 Å². The first-order valence-corrected chi connectivity index (χ1v) is 6.19. The Balaban J connectivity index is 2.32. The van der Waals surface area contributed by atoms with Gasteiger partial charge in [0.25, 0.3) is 5.69 Å². The number of rotatable bonds is 5. The van der Waals surface area contributed by atoms with E-state index in [2.05, 4.69) is 10.4 Å². The van der Waals surface area contributed by atoms with Crippen molar-refractivity contribution in [2.75, 3.05) is 6.54 Å². The van der Waals surface area contributed by atoms with Gasteiger partial charge in [0.2, 0.25) is 0 Å². The Morgan fingerprint density at radius 3 is 2.95 bits per heavy atom. The van der Waals surface area contributed by atoms with E-state index >= 15 is 0 Å². The number of hydrogen-bond acceptors (Lipinski definition) is 4. The van der Waals surface area contributed by atoms with E-state index in [0.717, 1.165) is 12.2 Å². The maximum absolute atomic E-state index is 10.8. The molecule has 0 saturated heterocycles. The van der Waals surface area contributed by atoms with Crippen LogP contribution < -0.4 is 5.32 Å². The number of benzene rings is 1. The molecule has 0 aliphatic heterocycles. The van der Waals surface area contributed by atoms with Crippen molar-refractivity contribution in [1.29, 1.82) is 0 Å². The van der Waals surface area contributed by atoms with Crippen LogP contribution in [0.1, 0.15) is 12.6 Å². The maximum atomic E-state index is 10.8. The molecule has 2 aromatic rings. The van der Waals surface area contributed by atoms with E-state index in [0.29, 0.717) is 17.3 Å². The summed E-state index contributed by atoms with van der Waals surface area (Å²) in [4.78, 5) is 10.3. The lowest BCUT2D eigenvalue weighted by atomic mass is 10.3. The normalized spacial score (nSPS) is 10.6. The summed E-state index contributed by atoms with van der Waals surface area (Å²) in [6.45, 7) is 3.51. The lowest BCUT2D eigenvalue weighted by Crippen LogP contribution is -2.12. The van der Waals surface area contributed by atoms with Crippen LogP contribution in [0.2, 0.25) is 5.02 Å². The number of nitrogens with zero attached hydrogens (tertiary/aromatic N) is 3. The molecule has 1 heterocycles. The molecule has 100 valence electrons. The van der Waals surface area contributed by atoms with Crippen LogP contribution in [0, 0.1) is 10.1 Å². The molecule has 1 N–H and O–H groups in total. The van der Waals surface area contributed by atoms with E-state index in [1.54, 1.807) is 10.9 Å². The second-order valence-corrected chi connectivity index (χ2v) is 4.33. The lowest BCUT2D eigenvalue weighted by Gasteiger charge is -2.04. The minimum absolute atomic E-state index is 0.0110. The fourth-order valence-corrected chi connectivity index (χ4v) is 1.84. The average molecular weight is 281 g/mol. The van der Waals surface area contributed by atoms with Gasteiger partial charge in [-0.2, -0.15) is 5.10 Å². The van der Waals surface area contributed by atoms with Gasteiger partial charge in [-0.05, 0) is 18.7 Å². The summed E-state index contributed by atoms with van der Waals surface area (Å²) in [6.07, 6.45) is 1.73. The molecule has 0 bridgehead atoms. The highest BCUT2D eigenvalue weighted by atomic mass is 35.5. The minimum Gasteiger partial charge on any atom is -0.311 e. The van der Waals surface area contributed by atoms with Crippen molar-refractivity contribution in [3.05, 3.63) is 51.3 Å². The summed E-state index contributed by atoms with van der Waals surface area (Å²) >= 11 is 6.05. The fourth-order valence-electron chi connectivity index (χ4n) is 1.63. The molecule has 0 amide bonds. The Bertz CT molecular complexity index is 597. The number of nitro groups is 1. The molecule has 0 unspecified atom stereocenters. The van der Waals surface area contributed by atoms with Crippen LogP contribution in [0.25, 0.3) is 5.69 Å². The number of halogens is 1. The van der Waals surface area contributed by atoms with Crippen LogP contribution in [-0.2, 0) is 6.54 Å². The quantitative estimate of drug-likeness (QED) is 0.675. The van der Waals surface area contributed by atoms with Crippen LogP contribution in [0.4, 0.5) is 5.69 Å². The summed E-state index contributed by atoms with van der Waals surface area (Å²) in [5.41, 5.74) is 1.34. The van der Waals surface area contributed by atoms with Gasteiger partial charge in [-0.15, -0.1) is 0 Å². The van der Waals surface area contributed by atoms with Crippen molar-refractivity contribution in [3.63, 3.8) is 0 Å². The number of nitro benzene ring substituents is 1. The van der Waals surface area contributed by atoms with Gasteiger partial charge in [0.1, 0.15) is 0 Å². The van der Waals surface area contributed by atoms with Gasteiger partial charge in [-0.1, -0.05) is 18.5 Å². The summed E-state index contributed by atoms with van der Waals surface area (Å²) in [5.74, 6) is 0. The molecule has 0 saturated carbocycles. The van der Waals surface area contributed by atoms with Crippen molar-refractivity contribution in [1.82, 2.24) is 15.1 Å². The molecule has 0 aliphatic carbocycles. The highest BCUT2D eigenvalue weighted by Crippen LogP contribution is 2.25. The third-order valence-electron chi connectivity index (χ3n) is 2.59. The summed E-state index contributed by atoms with van der Waals surface area (Å²) in [7, 11) is 0. The second kappa shape index (κ2) is 5.81. The SMILES string of the molecule is CCNCc1ccn(-c2cc([N+](=O)[O-])ccc2Cl)n1. The van der Waals surface area contributed by atoms with Gasteiger partial charge in [0.15, 0.2) is 0 Å². The predicted octanol–water partition coefficient (Wildman–Crippen LogP) is 2.54. The summed E-state index contributed by atoms with van der Waals surface area (Å²) < 4.78 is 1.54. The van der Waals surface area contributed by atoms with Crippen molar-refractivity contribution in [2.45, 2.75) is 13.5 Å². The zero-order chi connectivity index (χ0) is 13.8. The number of nitrogens with one attached hydrogen (secondary N) is 1. The number of hydrogen-bond donors (Lipinski definition) is 1. The van der Waals surface area contributed by atoms with Crippen LogP contribution in [-0.4, -0.2) is 21.2 Å². The molecule has 0 atom stereocenters. The topological polar surface area (TPSA) is 73.0 Å². The Kier molecular flexibility index (Phi) is 4.13. The molecule has 0 spiro atoms. The van der Waals surface area contributed by atoms with E-state index in [1.807, 2.05) is 13.0 Å². The maximum Gasteiger partial charge on any atom is 0.271 e. The first-order chi connectivity index (χ1) is 9.11. The molecule has 6 nitrogen and oxygen atoms in total. The van der Waals surface area contributed by atoms with Gasteiger partial charge in [0, 0.05) is 24.9 Å². The monoisotopic (exact) mass is 280 g/mol. The van der Waals surface area contributed by atoms with Gasteiger partial charge < -0.3 is 5.32 Å². The highest BCUT2D eigenvalue weighted by molar-refractivity contribution is 6.32. The molecule has 7 heteroatoms. The number of non-ortho nitro benzene ring substituents is 1. The van der Waals surface area contributed by atoms with Crippen molar-refractivity contribution >= 4 is 17.3 Å². The van der Waals surface area contributed by atoms with Gasteiger partial charge in [-0.25, -0.2) is 4.68 Å². The van der Waals surface area contributed by atoms with Crippen LogP contribution in [0.15, 0.2) is 30.5 Å². The molecule has 0 aliphatic rings. The standard InChI is InChI=1S/C12H13ClN4O2/c1-2-14-8-9-5-6-16(15-9)12-7-10(17(18)19)3-4-11(12)13/h3-7,14H,2,8H2,1H3. The van der Waals surface area contributed by atoms with E-state index in [9.17, 15) is 10.1 Å². The van der Waals surface area contributed by atoms with E-state index in [4.69, 9.17) is 11.6 Å². The molecule has 2 rings (SSSR count). The van der Waals surface area contributed by atoms with Crippen molar-refractivity contribution < 1.29 is 4.92 Å².